The first-order valence-electron chi connectivity index (χ1n) is 11.5. The number of hydrogen-bond donors (Lipinski definition) is 1. The molecule has 6 nitrogen and oxygen atoms in total. The third-order valence-electron chi connectivity index (χ3n) is 6.21. The fourth-order valence-electron chi connectivity index (χ4n) is 4.32. The molecular weight excluding hydrogens is 528 g/mol. The smallest absolute Gasteiger partial charge is 0.419 e. The first-order valence-corrected chi connectivity index (χ1v) is 11.9. The van der Waals surface area contributed by atoms with Gasteiger partial charge in [0.15, 0.2) is 0 Å². The summed E-state index contributed by atoms with van der Waals surface area (Å²) in [6, 6.07) is 10.6. The van der Waals surface area contributed by atoms with Gasteiger partial charge in [-0.3, -0.25) is 9.59 Å². The lowest BCUT2D eigenvalue weighted by Crippen LogP contribution is -2.36. The first kappa shape index (κ1) is 27.3. The number of amides is 2. The van der Waals surface area contributed by atoms with Gasteiger partial charge in [-0.05, 0) is 53.4 Å². The Morgan fingerprint density at radius 2 is 1.71 bits per heavy atom. The van der Waals surface area contributed by atoms with Crippen LogP contribution < -0.4 is 14.8 Å². The van der Waals surface area contributed by atoms with Crippen LogP contribution in [0.5, 0.6) is 11.5 Å². The maximum absolute atomic E-state index is 13.9. The van der Waals surface area contributed by atoms with Crippen LogP contribution in [0.25, 0.3) is 0 Å². The maximum Gasteiger partial charge on any atom is 0.419 e. The molecule has 1 aliphatic rings. The Hall–Kier alpha value is -3.79. The van der Waals surface area contributed by atoms with Crippen LogP contribution in [0.3, 0.4) is 0 Å². The largest absolute Gasteiger partial charge is 0.497 e. The van der Waals surface area contributed by atoms with Crippen molar-refractivity contribution in [1.82, 2.24) is 4.90 Å². The van der Waals surface area contributed by atoms with Crippen LogP contribution in [0.4, 0.5) is 23.2 Å². The normalized spacial score (nSPS) is 13.1. The van der Waals surface area contributed by atoms with Crippen LogP contribution in [0.2, 0.25) is 5.02 Å². The van der Waals surface area contributed by atoms with Gasteiger partial charge in [-0.1, -0.05) is 23.7 Å². The van der Waals surface area contributed by atoms with Gasteiger partial charge in [-0.15, -0.1) is 0 Å². The van der Waals surface area contributed by atoms with Crippen molar-refractivity contribution < 1.29 is 36.6 Å². The minimum Gasteiger partial charge on any atom is -0.497 e. The number of methoxy groups -OCH3 is 2. The summed E-state index contributed by atoms with van der Waals surface area (Å²) in [5.74, 6) is -1.28. The number of nitrogens with one attached hydrogen (secondary N) is 1. The van der Waals surface area contributed by atoms with Crippen LogP contribution in [0, 0.1) is 5.82 Å². The molecule has 11 heteroatoms. The molecule has 0 fully saturated rings. The zero-order valence-electron chi connectivity index (χ0n) is 20.4. The van der Waals surface area contributed by atoms with Crippen LogP contribution in [-0.4, -0.2) is 37.5 Å². The van der Waals surface area contributed by atoms with Crippen molar-refractivity contribution in [3.63, 3.8) is 0 Å². The molecule has 0 saturated carbocycles. The van der Waals surface area contributed by atoms with E-state index in [9.17, 15) is 27.2 Å². The third kappa shape index (κ3) is 5.85. The Balaban J connectivity index is 1.50. The van der Waals surface area contributed by atoms with Crippen molar-refractivity contribution >= 4 is 29.1 Å². The number of anilines is 1. The van der Waals surface area contributed by atoms with Gasteiger partial charge < -0.3 is 19.7 Å². The Kier molecular flexibility index (Phi) is 7.82. The predicted octanol–water partition coefficient (Wildman–Crippen LogP) is 5.89. The fraction of sp³-hybridized carbons (Fsp3) is 0.259. The van der Waals surface area contributed by atoms with E-state index < -0.39 is 23.5 Å². The molecule has 38 heavy (non-hydrogen) atoms. The van der Waals surface area contributed by atoms with E-state index in [0.29, 0.717) is 47.8 Å². The molecule has 4 rings (SSSR count). The van der Waals surface area contributed by atoms with Gasteiger partial charge in [0.25, 0.3) is 5.91 Å². The minimum absolute atomic E-state index is 0.0828. The highest BCUT2D eigenvalue weighted by atomic mass is 35.5. The lowest BCUT2D eigenvalue weighted by atomic mass is 9.96. The van der Waals surface area contributed by atoms with Crippen LogP contribution in [0.1, 0.15) is 32.6 Å². The quantitative estimate of drug-likeness (QED) is 0.388. The SMILES string of the molecule is COc1cc(OC)cc(C(=O)N2CCc3c(ccc(Cl)c3NC(=O)Cc3ccc(C(F)(F)F)c(F)c3)C2)c1. The number of nitrogens with zero attached hydrogens (tertiary/aromatic N) is 1. The van der Waals surface area contributed by atoms with E-state index in [0.717, 1.165) is 17.2 Å². The molecule has 200 valence electrons. The number of rotatable bonds is 6. The molecule has 1 heterocycles. The highest BCUT2D eigenvalue weighted by molar-refractivity contribution is 6.34. The molecule has 3 aromatic rings. The Morgan fingerprint density at radius 1 is 1.03 bits per heavy atom. The van der Waals surface area contributed by atoms with Gasteiger partial charge in [0.05, 0.1) is 36.9 Å². The van der Waals surface area contributed by atoms with Gasteiger partial charge in [-0.2, -0.15) is 13.2 Å². The molecular formula is C27H23ClF4N2O4. The average Bonchev–Trinajstić information content (AvgIpc) is 2.88. The average molecular weight is 551 g/mol. The Labute approximate surface area is 221 Å². The topological polar surface area (TPSA) is 67.9 Å². The van der Waals surface area contributed by atoms with E-state index in [1.807, 2.05) is 0 Å². The molecule has 0 radical (unpaired) electrons. The lowest BCUT2D eigenvalue weighted by molar-refractivity contribution is -0.140. The highest BCUT2D eigenvalue weighted by Crippen LogP contribution is 2.35. The van der Waals surface area contributed by atoms with Crippen molar-refractivity contribution in [3.8, 4) is 11.5 Å². The van der Waals surface area contributed by atoms with Gasteiger partial charge in [0.1, 0.15) is 17.3 Å². The monoisotopic (exact) mass is 550 g/mol. The Morgan fingerprint density at radius 3 is 2.32 bits per heavy atom. The van der Waals surface area contributed by atoms with E-state index in [4.69, 9.17) is 21.1 Å². The van der Waals surface area contributed by atoms with Crippen molar-refractivity contribution in [2.45, 2.75) is 25.6 Å². The summed E-state index contributed by atoms with van der Waals surface area (Å²) >= 11 is 6.36. The van der Waals surface area contributed by atoms with E-state index in [2.05, 4.69) is 5.32 Å². The van der Waals surface area contributed by atoms with Gasteiger partial charge >= 0.3 is 6.18 Å². The summed E-state index contributed by atoms with van der Waals surface area (Å²) in [6.45, 7) is 0.608. The highest BCUT2D eigenvalue weighted by Gasteiger charge is 2.34. The summed E-state index contributed by atoms with van der Waals surface area (Å²) in [5, 5.41) is 2.98. The van der Waals surface area contributed by atoms with Crippen LogP contribution in [-0.2, 0) is 30.4 Å². The zero-order valence-corrected chi connectivity index (χ0v) is 21.2. The fourth-order valence-corrected chi connectivity index (χ4v) is 4.54. The number of carbonyl (C=O) groups excluding carboxylic acids is 2. The molecule has 2 amide bonds. The van der Waals surface area contributed by atoms with Crippen molar-refractivity contribution in [2.75, 3.05) is 26.1 Å². The first-order chi connectivity index (χ1) is 18.0. The van der Waals surface area contributed by atoms with Gasteiger partial charge in [-0.25, -0.2) is 4.39 Å². The Bertz CT molecular complexity index is 1370. The zero-order chi connectivity index (χ0) is 27.6. The number of carbonyl (C=O) groups is 2. The number of ether oxygens (including phenoxy) is 2. The van der Waals surface area contributed by atoms with Crippen LogP contribution >= 0.6 is 11.6 Å². The predicted molar refractivity (Wildman–Crippen MR) is 133 cm³/mol. The molecule has 3 aromatic carbocycles. The van der Waals surface area contributed by atoms with Crippen LogP contribution in [0.15, 0.2) is 48.5 Å². The summed E-state index contributed by atoms with van der Waals surface area (Å²) in [4.78, 5) is 27.6. The van der Waals surface area contributed by atoms with Gasteiger partial charge in [0.2, 0.25) is 5.91 Å². The molecule has 0 aliphatic carbocycles. The van der Waals surface area contributed by atoms with E-state index in [1.54, 1.807) is 35.2 Å². The summed E-state index contributed by atoms with van der Waals surface area (Å²) in [6.07, 6.45) is -4.78. The number of benzene rings is 3. The molecule has 1 N–H and O–H groups in total. The second-order valence-electron chi connectivity index (χ2n) is 8.68. The molecule has 1 aliphatic heterocycles. The van der Waals surface area contributed by atoms with Crippen molar-refractivity contribution in [2.24, 2.45) is 0 Å². The number of alkyl halides is 3. The van der Waals surface area contributed by atoms with E-state index >= 15 is 0 Å². The lowest BCUT2D eigenvalue weighted by Gasteiger charge is -2.31. The number of hydrogen-bond acceptors (Lipinski definition) is 4. The molecule has 0 saturated heterocycles. The number of halogens is 5. The summed E-state index contributed by atoms with van der Waals surface area (Å²) in [7, 11) is 2.99. The summed E-state index contributed by atoms with van der Waals surface area (Å²) < 4.78 is 62.8. The second kappa shape index (κ2) is 10.9. The maximum atomic E-state index is 13.9. The van der Waals surface area contributed by atoms with E-state index in [-0.39, 0.29) is 29.5 Å². The molecule has 0 atom stereocenters. The standard InChI is InChI=1S/C27H23ClF4N2O4/c1-37-18-11-17(12-19(13-18)38-2)26(36)34-8-7-20-16(14-34)4-6-22(28)25(20)33-24(35)10-15-3-5-21(23(29)9-15)27(30,31)32/h3-6,9,11-13H,7-8,10,14H2,1-2H3,(H,33,35). The van der Waals surface area contributed by atoms with Gasteiger partial charge in [0, 0.05) is 24.7 Å². The summed E-state index contributed by atoms with van der Waals surface area (Å²) in [5.41, 5.74) is 0.969. The van der Waals surface area contributed by atoms with Crippen molar-refractivity contribution in [3.05, 3.63) is 87.2 Å². The molecule has 0 unspecified atom stereocenters. The third-order valence-corrected chi connectivity index (χ3v) is 6.52. The minimum atomic E-state index is -4.82. The molecule has 0 bridgehead atoms. The van der Waals surface area contributed by atoms with E-state index in [1.165, 1.54) is 14.2 Å². The van der Waals surface area contributed by atoms with Crippen molar-refractivity contribution in [1.29, 1.82) is 0 Å². The number of fused-ring (bicyclic) bond motifs is 1. The molecule has 0 spiro atoms. The molecule has 0 aromatic heterocycles. The second-order valence-corrected chi connectivity index (χ2v) is 9.08.